The van der Waals surface area contributed by atoms with Gasteiger partial charge in [-0.3, -0.25) is 0 Å². The summed E-state index contributed by atoms with van der Waals surface area (Å²) in [5.74, 6) is 0.0859. The largest absolute Gasteiger partial charge is 0.233 e. The number of nitrogens with one attached hydrogen (secondary N) is 1. The molecular weight excluding hydrogens is 411 g/mol. The molecule has 0 atom stereocenters. The molecule has 0 aliphatic heterocycles. The van der Waals surface area contributed by atoms with Crippen molar-refractivity contribution in [2.75, 3.05) is 6.54 Å². The van der Waals surface area contributed by atoms with E-state index in [4.69, 9.17) is 0 Å². The van der Waals surface area contributed by atoms with Gasteiger partial charge >= 0.3 is 0 Å². The van der Waals surface area contributed by atoms with Crippen LogP contribution in [0.15, 0.2) is 65.4 Å². The average Bonchev–Trinajstić information content (AvgIpc) is 3.29. The van der Waals surface area contributed by atoms with E-state index in [0.717, 1.165) is 16.7 Å². The van der Waals surface area contributed by atoms with Crippen molar-refractivity contribution < 1.29 is 12.8 Å². The molecule has 6 nitrogen and oxygen atoms in total. The summed E-state index contributed by atoms with van der Waals surface area (Å²) in [6, 6.07) is 15.3. The van der Waals surface area contributed by atoms with Crippen molar-refractivity contribution in [1.82, 2.24) is 19.3 Å². The summed E-state index contributed by atoms with van der Waals surface area (Å²) in [5, 5.41) is 7.48. The first-order valence-corrected chi connectivity index (χ1v) is 11.2. The van der Waals surface area contributed by atoms with Gasteiger partial charge in [0.1, 0.15) is 5.82 Å². The Hall–Kier alpha value is -2.88. The first-order chi connectivity index (χ1) is 14.0. The number of fused-ring (bicyclic) bond motifs is 1. The van der Waals surface area contributed by atoms with Gasteiger partial charge in [-0.15, -0.1) is 16.4 Å². The van der Waals surface area contributed by atoms with Crippen molar-refractivity contribution in [3.05, 3.63) is 82.5 Å². The molecule has 0 unspecified atom stereocenters. The fraction of sp³-hybridized carbons (Fsp3) is 0.100. The van der Waals surface area contributed by atoms with Crippen LogP contribution < -0.4 is 4.72 Å². The van der Waals surface area contributed by atoms with Crippen LogP contribution in [0.5, 0.6) is 0 Å². The predicted octanol–water partition coefficient (Wildman–Crippen LogP) is 3.73. The molecule has 4 rings (SSSR count). The van der Waals surface area contributed by atoms with Crippen LogP contribution in [-0.4, -0.2) is 29.6 Å². The van der Waals surface area contributed by atoms with Gasteiger partial charge in [0.25, 0.3) is 0 Å². The smallest absolute Gasteiger partial charge is 0.211 e. The van der Waals surface area contributed by atoms with Gasteiger partial charge in [0, 0.05) is 29.3 Å². The van der Waals surface area contributed by atoms with Gasteiger partial charge in [0.2, 0.25) is 15.0 Å². The van der Waals surface area contributed by atoms with Gasteiger partial charge in [-0.1, -0.05) is 42.5 Å². The molecular formula is C20H17FN4O2S2. The Morgan fingerprint density at radius 3 is 2.76 bits per heavy atom. The van der Waals surface area contributed by atoms with Crippen molar-refractivity contribution in [3.8, 4) is 11.4 Å². The Labute approximate surface area is 171 Å². The summed E-state index contributed by atoms with van der Waals surface area (Å²) in [4.78, 5) is 5.09. The normalized spacial score (nSPS) is 12.2. The second-order valence-corrected chi connectivity index (χ2v) is 8.76. The lowest BCUT2D eigenvalue weighted by Gasteiger charge is -2.02. The second-order valence-electron chi connectivity index (χ2n) is 6.27. The van der Waals surface area contributed by atoms with E-state index in [0.29, 0.717) is 22.8 Å². The maximum Gasteiger partial charge on any atom is 0.233 e. The minimum Gasteiger partial charge on any atom is -0.211 e. The first kappa shape index (κ1) is 19.4. The van der Waals surface area contributed by atoms with Gasteiger partial charge in [-0.2, -0.15) is 4.98 Å². The molecule has 4 aromatic rings. The molecule has 0 bridgehead atoms. The minimum atomic E-state index is -3.54. The van der Waals surface area contributed by atoms with E-state index >= 15 is 0 Å². The van der Waals surface area contributed by atoms with Crippen LogP contribution in [0.3, 0.4) is 0 Å². The Morgan fingerprint density at radius 2 is 1.97 bits per heavy atom. The predicted molar refractivity (Wildman–Crippen MR) is 112 cm³/mol. The standard InChI is InChI=1S/C20H17FN4O2S2/c21-17-8-4-7-16(13-17)19-23-20-25(24-19)18(14-28-20)9-11-22-29(26,27)12-10-15-5-2-1-3-6-15/h1-8,10,12-14,22H,9,11H2. The lowest BCUT2D eigenvalue weighted by Crippen LogP contribution is -2.24. The number of thiazole rings is 1. The second kappa shape index (κ2) is 8.24. The molecule has 0 amide bonds. The lowest BCUT2D eigenvalue weighted by molar-refractivity contribution is 0.590. The monoisotopic (exact) mass is 428 g/mol. The van der Waals surface area contributed by atoms with Crippen LogP contribution in [0.4, 0.5) is 4.39 Å². The topological polar surface area (TPSA) is 76.4 Å². The van der Waals surface area contributed by atoms with E-state index in [2.05, 4.69) is 14.8 Å². The third kappa shape index (κ3) is 4.76. The number of hydrogen-bond donors (Lipinski definition) is 1. The van der Waals surface area contributed by atoms with Crippen molar-refractivity contribution in [2.24, 2.45) is 0 Å². The molecule has 0 aliphatic carbocycles. The molecule has 2 heterocycles. The van der Waals surface area contributed by atoms with E-state index < -0.39 is 10.0 Å². The SMILES string of the molecule is O=S(=O)(C=Cc1ccccc1)NCCc1csc2nc(-c3cccc(F)c3)nn12. The summed E-state index contributed by atoms with van der Waals surface area (Å²) in [6.07, 6.45) is 2.00. The van der Waals surface area contributed by atoms with Gasteiger partial charge in [0.05, 0.1) is 5.69 Å². The summed E-state index contributed by atoms with van der Waals surface area (Å²) >= 11 is 1.40. The maximum absolute atomic E-state index is 13.4. The highest BCUT2D eigenvalue weighted by atomic mass is 32.2. The first-order valence-electron chi connectivity index (χ1n) is 8.82. The zero-order valence-electron chi connectivity index (χ0n) is 15.2. The van der Waals surface area contributed by atoms with Gasteiger partial charge in [-0.05, 0) is 23.8 Å². The summed E-state index contributed by atoms with van der Waals surface area (Å²) in [5.41, 5.74) is 2.23. The highest BCUT2D eigenvalue weighted by Crippen LogP contribution is 2.21. The Kier molecular flexibility index (Phi) is 5.52. The zero-order valence-corrected chi connectivity index (χ0v) is 16.8. The minimum absolute atomic E-state index is 0.225. The highest BCUT2D eigenvalue weighted by molar-refractivity contribution is 7.92. The fourth-order valence-corrected chi connectivity index (χ4v) is 4.42. The summed E-state index contributed by atoms with van der Waals surface area (Å²) < 4.78 is 42.0. The molecule has 0 spiro atoms. The number of aromatic nitrogens is 3. The van der Waals surface area contributed by atoms with Crippen LogP contribution in [0, 0.1) is 5.82 Å². The van der Waals surface area contributed by atoms with Crippen LogP contribution >= 0.6 is 11.3 Å². The fourth-order valence-electron chi connectivity index (χ4n) is 2.75. The van der Waals surface area contributed by atoms with E-state index in [1.54, 1.807) is 22.7 Å². The number of benzene rings is 2. The third-order valence-electron chi connectivity index (χ3n) is 4.16. The van der Waals surface area contributed by atoms with Crippen LogP contribution in [-0.2, 0) is 16.4 Å². The molecule has 0 saturated heterocycles. The van der Waals surface area contributed by atoms with Gasteiger partial charge < -0.3 is 0 Å². The Balaban J connectivity index is 1.43. The Bertz CT molecular complexity index is 1260. The van der Waals surface area contributed by atoms with E-state index in [1.165, 1.54) is 23.5 Å². The molecule has 2 aromatic heterocycles. The third-order valence-corrected chi connectivity index (χ3v) is 6.12. The molecule has 0 fully saturated rings. The highest BCUT2D eigenvalue weighted by Gasteiger charge is 2.13. The molecule has 148 valence electrons. The van der Waals surface area contributed by atoms with Crippen LogP contribution in [0.2, 0.25) is 0 Å². The Morgan fingerprint density at radius 1 is 1.14 bits per heavy atom. The van der Waals surface area contributed by atoms with Crippen LogP contribution in [0.1, 0.15) is 11.3 Å². The number of sulfonamides is 1. The van der Waals surface area contributed by atoms with Gasteiger partial charge in [0.15, 0.2) is 5.82 Å². The summed E-state index contributed by atoms with van der Waals surface area (Å²) in [7, 11) is -3.54. The molecule has 29 heavy (non-hydrogen) atoms. The number of hydrogen-bond acceptors (Lipinski definition) is 5. The van der Waals surface area contributed by atoms with Crippen molar-refractivity contribution in [1.29, 1.82) is 0 Å². The molecule has 9 heteroatoms. The maximum atomic E-state index is 13.4. The van der Waals surface area contributed by atoms with Crippen molar-refractivity contribution in [3.63, 3.8) is 0 Å². The average molecular weight is 429 g/mol. The number of rotatable bonds is 7. The zero-order chi connectivity index (χ0) is 20.3. The molecule has 0 saturated carbocycles. The van der Waals surface area contributed by atoms with E-state index in [1.807, 2.05) is 35.7 Å². The summed E-state index contributed by atoms with van der Waals surface area (Å²) in [6.45, 7) is 0.225. The van der Waals surface area contributed by atoms with E-state index in [-0.39, 0.29) is 12.4 Å². The number of nitrogens with zero attached hydrogens (tertiary/aromatic N) is 3. The molecule has 2 aromatic carbocycles. The van der Waals surface area contributed by atoms with Crippen molar-refractivity contribution >= 4 is 32.4 Å². The lowest BCUT2D eigenvalue weighted by atomic mass is 10.2. The quantitative estimate of drug-likeness (QED) is 0.487. The molecule has 0 aliphatic rings. The van der Waals surface area contributed by atoms with Gasteiger partial charge in [-0.25, -0.2) is 22.0 Å². The molecule has 0 radical (unpaired) electrons. The van der Waals surface area contributed by atoms with E-state index in [9.17, 15) is 12.8 Å². The number of halogens is 1. The van der Waals surface area contributed by atoms with Crippen molar-refractivity contribution in [2.45, 2.75) is 6.42 Å². The van der Waals surface area contributed by atoms with Crippen LogP contribution in [0.25, 0.3) is 22.4 Å². The molecule has 1 N–H and O–H groups in total.